The SMILES string of the molecule is CC[C@H](C(=O)Nc1ccc(F)cc1)n1nc(C)c2sc3ccccc3c2c1=O. The van der Waals surface area contributed by atoms with E-state index in [1.165, 1.54) is 40.3 Å². The number of amides is 1. The third-order valence-corrected chi connectivity index (χ3v) is 5.98. The Morgan fingerprint density at radius 2 is 1.93 bits per heavy atom. The molecule has 0 aliphatic rings. The largest absolute Gasteiger partial charge is 0.324 e. The minimum Gasteiger partial charge on any atom is -0.324 e. The number of aromatic nitrogens is 2. The van der Waals surface area contributed by atoms with Crippen molar-refractivity contribution in [3.05, 3.63) is 70.4 Å². The van der Waals surface area contributed by atoms with Crippen molar-refractivity contribution in [2.24, 2.45) is 0 Å². The number of rotatable bonds is 4. The Morgan fingerprint density at radius 3 is 2.64 bits per heavy atom. The van der Waals surface area contributed by atoms with Gasteiger partial charge in [-0.3, -0.25) is 9.59 Å². The number of carbonyl (C=O) groups is 1. The Bertz CT molecular complexity index is 1240. The van der Waals surface area contributed by atoms with Crippen LogP contribution >= 0.6 is 11.3 Å². The lowest BCUT2D eigenvalue weighted by Crippen LogP contribution is -2.35. The molecule has 2 heterocycles. The number of hydrogen-bond acceptors (Lipinski definition) is 4. The van der Waals surface area contributed by atoms with Gasteiger partial charge in [0.25, 0.3) is 5.56 Å². The molecule has 0 fully saturated rings. The van der Waals surface area contributed by atoms with Crippen molar-refractivity contribution in [1.29, 1.82) is 0 Å². The van der Waals surface area contributed by atoms with E-state index in [0.717, 1.165) is 14.8 Å². The number of nitrogens with one attached hydrogen (secondary N) is 1. The summed E-state index contributed by atoms with van der Waals surface area (Å²) < 4.78 is 16.2. The van der Waals surface area contributed by atoms with E-state index in [0.29, 0.717) is 23.2 Å². The van der Waals surface area contributed by atoms with Crippen molar-refractivity contribution in [1.82, 2.24) is 9.78 Å². The molecule has 1 atom stereocenters. The van der Waals surface area contributed by atoms with Crippen molar-refractivity contribution in [2.75, 3.05) is 5.32 Å². The molecule has 1 amide bonds. The molecule has 0 unspecified atom stereocenters. The number of benzene rings is 2. The van der Waals surface area contributed by atoms with Crippen LogP contribution < -0.4 is 10.9 Å². The summed E-state index contributed by atoms with van der Waals surface area (Å²) in [6, 6.07) is 12.5. The van der Waals surface area contributed by atoms with Crippen LogP contribution in [0.15, 0.2) is 53.3 Å². The molecule has 5 nitrogen and oxygen atoms in total. The van der Waals surface area contributed by atoms with Crippen LogP contribution in [0.3, 0.4) is 0 Å². The number of halogens is 1. The van der Waals surface area contributed by atoms with Gasteiger partial charge in [-0.2, -0.15) is 5.10 Å². The fourth-order valence-corrected chi connectivity index (χ4v) is 4.45. The van der Waals surface area contributed by atoms with E-state index in [2.05, 4.69) is 10.4 Å². The van der Waals surface area contributed by atoms with E-state index in [-0.39, 0.29) is 17.3 Å². The average Bonchev–Trinajstić information content (AvgIpc) is 3.08. The second kappa shape index (κ2) is 7.16. The topological polar surface area (TPSA) is 64.0 Å². The minimum absolute atomic E-state index is 0.279. The van der Waals surface area contributed by atoms with E-state index >= 15 is 0 Å². The van der Waals surface area contributed by atoms with Crippen molar-refractivity contribution < 1.29 is 9.18 Å². The fourth-order valence-electron chi connectivity index (χ4n) is 3.32. The first-order chi connectivity index (χ1) is 13.5. The molecule has 2 aromatic heterocycles. The number of fused-ring (bicyclic) bond motifs is 3. The summed E-state index contributed by atoms with van der Waals surface area (Å²) in [5.74, 6) is -0.740. The normalized spacial score (nSPS) is 12.4. The highest BCUT2D eigenvalue weighted by atomic mass is 32.1. The minimum atomic E-state index is -0.765. The number of aryl methyl sites for hydroxylation is 1. The summed E-state index contributed by atoms with van der Waals surface area (Å²) in [6.45, 7) is 3.67. The zero-order valence-corrected chi connectivity index (χ0v) is 16.2. The van der Waals surface area contributed by atoms with Crippen molar-refractivity contribution in [3.8, 4) is 0 Å². The molecule has 142 valence electrons. The highest BCUT2D eigenvalue weighted by Crippen LogP contribution is 2.33. The molecule has 0 aliphatic heterocycles. The summed E-state index contributed by atoms with van der Waals surface area (Å²) in [6.07, 6.45) is 0.396. The lowest BCUT2D eigenvalue weighted by atomic mass is 10.1. The molecule has 4 aromatic rings. The summed E-state index contributed by atoms with van der Waals surface area (Å²) in [5.41, 5.74) is 0.902. The van der Waals surface area contributed by atoms with Crippen LogP contribution in [0.25, 0.3) is 20.2 Å². The molecule has 0 spiro atoms. The molecular weight excluding hydrogens is 377 g/mol. The summed E-state index contributed by atoms with van der Waals surface area (Å²) >= 11 is 1.53. The summed E-state index contributed by atoms with van der Waals surface area (Å²) in [5, 5.41) is 8.65. The Kier molecular flexibility index (Phi) is 4.68. The predicted molar refractivity (Wildman–Crippen MR) is 110 cm³/mol. The monoisotopic (exact) mass is 395 g/mol. The third kappa shape index (κ3) is 3.07. The summed E-state index contributed by atoms with van der Waals surface area (Å²) in [7, 11) is 0. The highest BCUT2D eigenvalue weighted by Gasteiger charge is 2.24. The number of hydrogen-bond donors (Lipinski definition) is 1. The lowest BCUT2D eigenvalue weighted by Gasteiger charge is -2.17. The Labute approximate surface area is 164 Å². The number of thiophene rings is 1. The Hall–Kier alpha value is -3.06. The van der Waals surface area contributed by atoms with Crippen LogP contribution in [-0.4, -0.2) is 15.7 Å². The van der Waals surface area contributed by atoms with Crippen LogP contribution in [0.2, 0.25) is 0 Å². The Morgan fingerprint density at radius 1 is 1.21 bits per heavy atom. The quantitative estimate of drug-likeness (QED) is 0.547. The molecule has 0 bridgehead atoms. The van der Waals surface area contributed by atoms with E-state index in [9.17, 15) is 14.0 Å². The molecule has 4 rings (SSSR count). The average molecular weight is 395 g/mol. The molecule has 2 aromatic carbocycles. The van der Waals surface area contributed by atoms with Crippen molar-refractivity contribution in [3.63, 3.8) is 0 Å². The van der Waals surface area contributed by atoms with Crippen molar-refractivity contribution in [2.45, 2.75) is 26.3 Å². The smallest absolute Gasteiger partial charge is 0.276 e. The first-order valence-corrected chi connectivity index (χ1v) is 9.78. The van der Waals surface area contributed by atoms with Crippen LogP contribution in [0.1, 0.15) is 25.1 Å². The summed E-state index contributed by atoms with van der Waals surface area (Å²) in [4.78, 5) is 26.1. The van der Waals surface area contributed by atoms with Gasteiger partial charge in [-0.1, -0.05) is 25.1 Å². The number of carbonyl (C=O) groups excluding carboxylic acids is 1. The zero-order chi connectivity index (χ0) is 19.8. The zero-order valence-electron chi connectivity index (χ0n) is 15.4. The number of anilines is 1. The molecular formula is C21H18FN3O2S. The first-order valence-electron chi connectivity index (χ1n) is 8.96. The van der Waals surface area contributed by atoms with Gasteiger partial charge in [-0.15, -0.1) is 11.3 Å². The van der Waals surface area contributed by atoms with Crippen LogP contribution in [-0.2, 0) is 4.79 Å². The molecule has 1 N–H and O–H groups in total. The Balaban J connectivity index is 1.80. The standard InChI is InChI=1S/C21H18FN3O2S/c1-3-16(20(26)23-14-10-8-13(22)9-11-14)25-21(27)18-15-6-4-5-7-17(15)28-19(18)12(2)24-25/h4-11,16H,3H2,1-2H3,(H,23,26)/t16-/m1/s1. The third-order valence-electron chi connectivity index (χ3n) is 4.70. The van der Waals surface area contributed by atoms with Gasteiger partial charge in [0, 0.05) is 15.8 Å². The first kappa shape index (κ1) is 18.3. The maximum Gasteiger partial charge on any atom is 0.276 e. The van der Waals surface area contributed by atoms with Gasteiger partial charge < -0.3 is 5.32 Å². The van der Waals surface area contributed by atoms with Gasteiger partial charge in [-0.25, -0.2) is 9.07 Å². The highest BCUT2D eigenvalue weighted by molar-refractivity contribution is 7.26. The number of nitrogens with zero attached hydrogens (tertiary/aromatic N) is 2. The maximum absolute atomic E-state index is 13.2. The molecule has 28 heavy (non-hydrogen) atoms. The van der Waals surface area contributed by atoms with E-state index < -0.39 is 6.04 Å². The molecule has 7 heteroatoms. The lowest BCUT2D eigenvalue weighted by molar-refractivity contribution is -0.119. The molecule has 0 saturated carbocycles. The maximum atomic E-state index is 13.2. The van der Waals surface area contributed by atoms with E-state index in [4.69, 9.17) is 0 Å². The van der Waals surface area contributed by atoms with Gasteiger partial charge in [0.2, 0.25) is 5.91 Å². The fraction of sp³-hybridized carbons (Fsp3) is 0.190. The van der Waals surface area contributed by atoms with Crippen LogP contribution in [0.5, 0.6) is 0 Å². The molecule has 0 saturated heterocycles. The van der Waals surface area contributed by atoms with E-state index in [1.54, 1.807) is 0 Å². The van der Waals surface area contributed by atoms with Crippen LogP contribution in [0, 0.1) is 12.7 Å². The second-order valence-electron chi connectivity index (χ2n) is 6.56. The van der Waals surface area contributed by atoms with E-state index in [1.807, 2.05) is 38.1 Å². The second-order valence-corrected chi connectivity index (χ2v) is 7.61. The molecule has 0 radical (unpaired) electrons. The van der Waals surface area contributed by atoms with Crippen molar-refractivity contribution >= 4 is 43.1 Å². The predicted octanol–water partition coefficient (Wildman–Crippen LogP) is 4.65. The van der Waals surface area contributed by atoms with Gasteiger partial charge in [0.15, 0.2) is 0 Å². The van der Waals surface area contributed by atoms with Gasteiger partial charge >= 0.3 is 0 Å². The van der Waals surface area contributed by atoms with Gasteiger partial charge in [0.05, 0.1) is 15.8 Å². The van der Waals surface area contributed by atoms with Gasteiger partial charge in [0.1, 0.15) is 11.9 Å². The van der Waals surface area contributed by atoms with Crippen LogP contribution in [0.4, 0.5) is 10.1 Å². The van der Waals surface area contributed by atoms with Gasteiger partial charge in [-0.05, 0) is 43.7 Å². The molecule has 0 aliphatic carbocycles.